The largest absolute Gasteiger partial charge is 0.481 e. The molecule has 0 atom stereocenters. The van der Waals surface area contributed by atoms with E-state index in [9.17, 15) is 0 Å². The van der Waals surface area contributed by atoms with Crippen LogP contribution in [0.2, 0.25) is 5.02 Å². The second-order valence-electron chi connectivity index (χ2n) is 4.28. The molecule has 102 valence electrons. The van der Waals surface area contributed by atoms with Gasteiger partial charge in [0.2, 0.25) is 5.88 Å². The Kier molecular flexibility index (Phi) is 3.76. The highest BCUT2D eigenvalue weighted by molar-refractivity contribution is 7.19. The monoisotopic (exact) mass is 304 g/mol. The second kappa shape index (κ2) is 5.69. The van der Waals surface area contributed by atoms with Crippen molar-refractivity contribution in [2.24, 2.45) is 0 Å². The topological polar surface area (TPSA) is 34.1 Å². The minimum Gasteiger partial charge on any atom is -0.481 e. The first-order valence-corrected chi connectivity index (χ1v) is 7.37. The predicted octanol–water partition coefficient (Wildman–Crippen LogP) is 4.57. The van der Waals surface area contributed by atoms with Crippen LogP contribution in [0.15, 0.2) is 42.6 Å². The number of benzene rings is 1. The lowest BCUT2D eigenvalue weighted by Crippen LogP contribution is -1.98. The second-order valence-corrected chi connectivity index (χ2v) is 5.79. The van der Waals surface area contributed by atoms with Gasteiger partial charge in [-0.05, 0) is 12.1 Å². The van der Waals surface area contributed by atoms with E-state index < -0.39 is 0 Å². The Balaban J connectivity index is 1.77. The molecule has 0 aliphatic rings. The number of anilines is 1. The molecule has 0 radical (unpaired) electrons. The van der Waals surface area contributed by atoms with E-state index in [1.165, 1.54) is 4.70 Å². The van der Waals surface area contributed by atoms with Gasteiger partial charge in [-0.1, -0.05) is 29.8 Å². The number of nitrogens with zero attached hydrogens (tertiary/aromatic N) is 1. The Hall–Kier alpha value is -1.78. The zero-order valence-corrected chi connectivity index (χ0v) is 12.5. The maximum absolute atomic E-state index is 6.41. The van der Waals surface area contributed by atoms with Crippen LogP contribution in [0, 0.1) is 0 Å². The van der Waals surface area contributed by atoms with E-state index in [1.54, 1.807) is 24.6 Å². The molecule has 0 spiro atoms. The molecule has 2 heterocycles. The van der Waals surface area contributed by atoms with Gasteiger partial charge in [-0.15, -0.1) is 11.3 Å². The number of hydrogen-bond donors (Lipinski definition) is 1. The summed E-state index contributed by atoms with van der Waals surface area (Å²) in [5.41, 5.74) is 0.944. The Morgan fingerprint density at radius 1 is 1.25 bits per heavy atom. The highest BCUT2D eigenvalue weighted by Crippen LogP contribution is 2.35. The maximum Gasteiger partial charge on any atom is 0.213 e. The van der Waals surface area contributed by atoms with Crippen LogP contribution in [-0.2, 0) is 6.54 Å². The smallest absolute Gasteiger partial charge is 0.213 e. The van der Waals surface area contributed by atoms with Crippen molar-refractivity contribution in [1.29, 1.82) is 0 Å². The first-order chi connectivity index (χ1) is 9.78. The van der Waals surface area contributed by atoms with Gasteiger partial charge in [0.15, 0.2) is 0 Å². The van der Waals surface area contributed by atoms with Crippen LogP contribution in [0.5, 0.6) is 5.88 Å². The normalized spacial score (nSPS) is 10.7. The molecule has 3 nitrogen and oxygen atoms in total. The summed E-state index contributed by atoms with van der Waals surface area (Å²) in [7, 11) is 1.60. The minimum atomic E-state index is 0.607. The number of hydrogen-bond acceptors (Lipinski definition) is 4. The quantitative estimate of drug-likeness (QED) is 0.766. The summed E-state index contributed by atoms with van der Waals surface area (Å²) in [4.78, 5) is 5.29. The van der Waals surface area contributed by atoms with Crippen LogP contribution in [0.25, 0.3) is 10.1 Å². The summed E-state index contributed by atoms with van der Waals surface area (Å²) >= 11 is 8.12. The fourth-order valence-corrected chi connectivity index (χ4v) is 3.41. The van der Waals surface area contributed by atoms with Gasteiger partial charge in [0.1, 0.15) is 0 Å². The number of aromatic nitrogens is 1. The van der Waals surface area contributed by atoms with Crippen LogP contribution in [0.4, 0.5) is 5.69 Å². The lowest BCUT2D eigenvalue weighted by atomic mass is 10.2. The Bertz CT molecular complexity index is 724. The number of rotatable bonds is 4. The Morgan fingerprint density at radius 2 is 2.10 bits per heavy atom. The summed E-state index contributed by atoms with van der Waals surface area (Å²) < 4.78 is 6.24. The van der Waals surface area contributed by atoms with E-state index in [-0.39, 0.29) is 0 Å². The van der Waals surface area contributed by atoms with E-state index >= 15 is 0 Å². The van der Waals surface area contributed by atoms with Crippen LogP contribution in [0.3, 0.4) is 0 Å². The van der Waals surface area contributed by atoms with Crippen molar-refractivity contribution in [1.82, 2.24) is 4.98 Å². The van der Waals surface area contributed by atoms with E-state index in [4.69, 9.17) is 16.3 Å². The molecule has 5 heteroatoms. The minimum absolute atomic E-state index is 0.607. The first kappa shape index (κ1) is 13.2. The summed E-state index contributed by atoms with van der Waals surface area (Å²) in [6.45, 7) is 0.687. The molecule has 0 aliphatic heterocycles. The van der Waals surface area contributed by atoms with E-state index in [2.05, 4.69) is 16.4 Å². The van der Waals surface area contributed by atoms with Crippen molar-refractivity contribution in [2.45, 2.75) is 6.54 Å². The molecule has 0 bridgehead atoms. The van der Waals surface area contributed by atoms with Gasteiger partial charge in [0.25, 0.3) is 0 Å². The number of nitrogens with one attached hydrogen (secondary N) is 1. The van der Waals surface area contributed by atoms with E-state index in [0.717, 1.165) is 21.0 Å². The predicted molar refractivity (Wildman–Crippen MR) is 85.0 cm³/mol. The summed E-state index contributed by atoms with van der Waals surface area (Å²) in [6.07, 6.45) is 1.75. The van der Waals surface area contributed by atoms with Crippen LogP contribution in [-0.4, -0.2) is 12.1 Å². The number of methoxy groups -OCH3 is 1. The molecule has 1 aromatic carbocycles. The van der Waals surface area contributed by atoms with E-state index in [1.807, 2.05) is 30.3 Å². The van der Waals surface area contributed by atoms with E-state index in [0.29, 0.717) is 12.4 Å². The SMILES string of the molecule is COc1ccc(NCc2sc3ccccc3c2Cl)cn1. The number of pyridine rings is 1. The molecule has 0 aliphatic carbocycles. The maximum atomic E-state index is 6.41. The average molecular weight is 305 g/mol. The number of ether oxygens (including phenoxy) is 1. The van der Waals surface area contributed by atoms with Crippen molar-refractivity contribution in [3.05, 3.63) is 52.5 Å². The lowest BCUT2D eigenvalue weighted by Gasteiger charge is -2.05. The Morgan fingerprint density at radius 3 is 2.80 bits per heavy atom. The van der Waals surface area contributed by atoms with Gasteiger partial charge >= 0.3 is 0 Å². The highest BCUT2D eigenvalue weighted by atomic mass is 35.5. The summed E-state index contributed by atoms with van der Waals surface area (Å²) in [5, 5.41) is 5.27. The standard InChI is InChI=1S/C15H13ClN2OS/c1-19-14-7-6-10(8-18-14)17-9-13-15(16)11-4-2-3-5-12(11)20-13/h2-8,17H,9H2,1H3. The average Bonchev–Trinajstić information content (AvgIpc) is 2.83. The summed E-state index contributed by atoms with van der Waals surface area (Å²) in [5.74, 6) is 0.607. The van der Waals surface area contributed by atoms with Crippen LogP contribution >= 0.6 is 22.9 Å². The molecular weight excluding hydrogens is 292 g/mol. The molecule has 0 fully saturated rings. The van der Waals surface area contributed by atoms with Crippen LogP contribution in [0.1, 0.15) is 4.88 Å². The van der Waals surface area contributed by atoms with Gasteiger partial charge in [-0.3, -0.25) is 0 Å². The van der Waals surface area contributed by atoms with Gasteiger partial charge in [-0.25, -0.2) is 4.98 Å². The molecule has 1 N–H and O–H groups in total. The molecule has 3 rings (SSSR count). The summed E-state index contributed by atoms with van der Waals surface area (Å²) in [6, 6.07) is 11.9. The zero-order chi connectivity index (χ0) is 13.9. The van der Waals surface area contributed by atoms with Gasteiger partial charge in [0.05, 0.1) is 30.6 Å². The molecular formula is C15H13ClN2OS. The fraction of sp³-hybridized carbons (Fsp3) is 0.133. The molecule has 0 saturated carbocycles. The third-order valence-electron chi connectivity index (χ3n) is 3.00. The van der Waals surface area contributed by atoms with Gasteiger partial charge in [0, 0.05) is 21.0 Å². The molecule has 3 aromatic rings. The van der Waals surface area contributed by atoms with Gasteiger partial charge < -0.3 is 10.1 Å². The van der Waals surface area contributed by atoms with Gasteiger partial charge in [-0.2, -0.15) is 0 Å². The lowest BCUT2D eigenvalue weighted by molar-refractivity contribution is 0.398. The van der Waals surface area contributed by atoms with Crippen molar-refractivity contribution in [2.75, 3.05) is 12.4 Å². The third kappa shape index (κ3) is 2.57. The molecule has 0 unspecified atom stereocenters. The Labute approximate surface area is 126 Å². The first-order valence-electron chi connectivity index (χ1n) is 6.18. The van der Waals surface area contributed by atoms with Crippen molar-refractivity contribution < 1.29 is 4.74 Å². The molecule has 0 amide bonds. The number of halogens is 1. The molecule has 0 saturated heterocycles. The molecule has 2 aromatic heterocycles. The molecule has 20 heavy (non-hydrogen) atoms. The van der Waals surface area contributed by atoms with Crippen LogP contribution < -0.4 is 10.1 Å². The van der Waals surface area contributed by atoms with Crippen molar-refractivity contribution in [3.8, 4) is 5.88 Å². The number of thiophene rings is 1. The van der Waals surface area contributed by atoms with Crippen molar-refractivity contribution in [3.63, 3.8) is 0 Å². The third-order valence-corrected chi connectivity index (χ3v) is 4.71. The fourth-order valence-electron chi connectivity index (χ4n) is 1.97. The highest BCUT2D eigenvalue weighted by Gasteiger charge is 2.09. The zero-order valence-electron chi connectivity index (χ0n) is 10.9. The number of fused-ring (bicyclic) bond motifs is 1. The van der Waals surface area contributed by atoms with Crippen molar-refractivity contribution >= 4 is 38.7 Å².